The molecule has 0 radical (unpaired) electrons. The fourth-order valence-corrected chi connectivity index (χ4v) is 5.44. The number of hydrogen-bond donors (Lipinski definition) is 2. The van der Waals surface area contributed by atoms with Crippen LogP contribution in [0.2, 0.25) is 0 Å². The first kappa shape index (κ1) is 17.3. The molecule has 20 heavy (non-hydrogen) atoms. The summed E-state index contributed by atoms with van der Waals surface area (Å²) in [5.74, 6) is -0.970. The van der Waals surface area contributed by atoms with Crippen molar-refractivity contribution >= 4 is 33.5 Å². The van der Waals surface area contributed by atoms with Crippen LogP contribution in [0.5, 0.6) is 0 Å². The zero-order valence-corrected chi connectivity index (χ0v) is 13.1. The number of sulfone groups is 1. The van der Waals surface area contributed by atoms with E-state index >= 15 is 0 Å². The van der Waals surface area contributed by atoms with E-state index in [4.69, 9.17) is 5.11 Å². The second kappa shape index (κ2) is 7.87. The number of carbonyl (C=O) groups excluding carboxylic acids is 1. The second-order valence-electron chi connectivity index (χ2n) is 4.94. The molecule has 0 aromatic rings. The average molecular weight is 323 g/mol. The van der Waals surface area contributed by atoms with Gasteiger partial charge in [-0.25, -0.2) is 13.2 Å². The van der Waals surface area contributed by atoms with Gasteiger partial charge in [-0.15, -0.1) is 11.8 Å². The number of carboxylic acid groups (broad SMARTS) is 1. The number of aliphatic carboxylic acids is 1. The molecular formula is C12H21NO5S2. The molecule has 1 unspecified atom stereocenters. The van der Waals surface area contributed by atoms with E-state index in [1.54, 1.807) is 0 Å². The predicted molar refractivity (Wildman–Crippen MR) is 78.6 cm³/mol. The molecule has 0 bridgehead atoms. The number of carboxylic acids is 1. The molecule has 8 heteroatoms. The minimum atomic E-state index is -2.94. The van der Waals surface area contributed by atoms with E-state index in [1.807, 2.05) is 6.92 Å². The molecule has 6 nitrogen and oxygen atoms in total. The van der Waals surface area contributed by atoms with Crippen LogP contribution in [0.3, 0.4) is 0 Å². The lowest BCUT2D eigenvalue weighted by Crippen LogP contribution is -2.41. The van der Waals surface area contributed by atoms with Crippen LogP contribution >= 0.6 is 11.8 Å². The second-order valence-corrected chi connectivity index (χ2v) is 8.45. The lowest BCUT2D eigenvalue weighted by atomic mass is 10.1. The normalized spacial score (nSPS) is 22.4. The number of amides is 1. The maximum absolute atomic E-state index is 11.7. The highest BCUT2D eigenvalue weighted by atomic mass is 32.2. The third kappa shape index (κ3) is 6.13. The van der Waals surface area contributed by atoms with Gasteiger partial charge in [0.15, 0.2) is 9.84 Å². The van der Waals surface area contributed by atoms with Crippen LogP contribution in [0, 0.1) is 0 Å². The molecule has 1 rings (SSSR count). The fourth-order valence-electron chi connectivity index (χ4n) is 1.99. The minimum absolute atomic E-state index is 0.0512. The SMILES string of the molecule is CCCC[C@H](NC(=O)CSC1CCS(=O)(=O)C1)C(=O)O. The van der Waals surface area contributed by atoms with Crippen molar-refractivity contribution in [3.05, 3.63) is 0 Å². The smallest absolute Gasteiger partial charge is 0.326 e. The number of carbonyl (C=O) groups is 2. The summed E-state index contributed by atoms with van der Waals surface area (Å²) in [4.78, 5) is 22.7. The quantitative estimate of drug-likeness (QED) is 0.681. The highest BCUT2D eigenvalue weighted by molar-refractivity contribution is 8.02. The number of nitrogens with one attached hydrogen (secondary N) is 1. The highest BCUT2D eigenvalue weighted by Crippen LogP contribution is 2.24. The molecular weight excluding hydrogens is 302 g/mol. The van der Waals surface area contributed by atoms with Gasteiger partial charge in [0.05, 0.1) is 17.3 Å². The zero-order chi connectivity index (χ0) is 15.2. The van der Waals surface area contributed by atoms with Crippen LogP contribution in [-0.4, -0.2) is 54.0 Å². The summed E-state index contributed by atoms with van der Waals surface area (Å²) in [6.07, 6.45) is 2.60. The van der Waals surface area contributed by atoms with Gasteiger partial charge in [-0.1, -0.05) is 19.8 Å². The first-order valence-corrected chi connectivity index (χ1v) is 9.55. The molecule has 1 heterocycles. The van der Waals surface area contributed by atoms with E-state index < -0.39 is 21.8 Å². The van der Waals surface area contributed by atoms with Gasteiger partial charge in [0, 0.05) is 5.25 Å². The van der Waals surface area contributed by atoms with Crippen molar-refractivity contribution in [2.75, 3.05) is 17.3 Å². The van der Waals surface area contributed by atoms with E-state index in [1.165, 1.54) is 11.8 Å². The monoisotopic (exact) mass is 323 g/mol. The summed E-state index contributed by atoms with van der Waals surface area (Å²) in [6.45, 7) is 1.96. The van der Waals surface area contributed by atoms with E-state index in [2.05, 4.69) is 5.32 Å². The van der Waals surface area contributed by atoms with Crippen LogP contribution in [-0.2, 0) is 19.4 Å². The summed E-state index contributed by atoms with van der Waals surface area (Å²) >= 11 is 1.29. The van der Waals surface area contributed by atoms with Crippen molar-refractivity contribution in [2.45, 2.75) is 43.9 Å². The molecule has 1 aliphatic heterocycles. The van der Waals surface area contributed by atoms with Gasteiger partial charge >= 0.3 is 5.97 Å². The third-order valence-corrected chi connectivity index (χ3v) is 6.40. The molecule has 1 aliphatic rings. The van der Waals surface area contributed by atoms with Crippen molar-refractivity contribution in [1.29, 1.82) is 0 Å². The topological polar surface area (TPSA) is 101 Å². The first-order chi connectivity index (χ1) is 9.34. The Morgan fingerprint density at radius 1 is 1.45 bits per heavy atom. The Kier molecular flexibility index (Phi) is 6.81. The number of rotatable bonds is 8. The molecule has 0 saturated carbocycles. The molecule has 1 fully saturated rings. The maximum Gasteiger partial charge on any atom is 0.326 e. The number of thioether (sulfide) groups is 1. The molecule has 2 N–H and O–H groups in total. The Bertz CT molecular complexity index is 449. The van der Waals surface area contributed by atoms with Crippen molar-refractivity contribution in [3.63, 3.8) is 0 Å². The van der Waals surface area contributed by atoms with Crippen molar-refractivity contribution in [2.24, 2.45) is 0 Å². The molecule has 0 spiro atoms. The van der Waals surface area contributed by atoms with Gasteiger partial charge in [0.1, 0.15) is 6.04 Å². The highest BCUT2D eigenvalue weighted by Gasteiger charge is 2.29. The summed E-state index contributed by atoms with van der Waals surface area (Å²) in [6, 6.07) is -0.852. The van der Waals surface area contributed by atoms with Gasteiger partial charge in [-0.3, -0.25) is 4.79 Å². The van der Waals surface area contributed by atoms with E-state index in [-0.39, 0.29) is 28.4 Å². The molecule has 0 aliphatic carbocycles. The Balaban J connectivity index is 2.33. The minimum Gasteiger partial charge on any atom is -0.480 e. The zero-order valence-electron chi connectivity index (χ0n) is 11.5. The third-order valence-electron chi connectivity index (χ3n) is 3.12. The van der Waals surface area contributed by atoms with Gasteiger partial charge in [0.2, 0.25) is 5.91 Å². The number of hydrogen-bond acceptors (Lipinski definition) is 5. The average Bonchev–Trinajstić information content (AvgIpc) is 2.71. The molecule has 0 aromatic carbocycles. The van der Waals surface area contributed by atoms with Crippen molar-refractivity contribution < 1.29 is 23.1 Å². The molecule has 2 atom stereocenters. The van der Waals surface area contributed by atoms with E-state index in [9.17, 15) is 18.0 Å². The summed E-state index contributed by atoms with van der Waals surface area (Å²) in [5, 5.41) is 11.4. The van der Waals surface area contributed by atoms with Crippen LogP contribution < -0.4 is 5.32 Å². The van der Waals surface area contributed by atoms with E-state index in [0.29, 0.717) is 12.8 Å². The Hall–Kier alpha value is -0.760. The van der Waals surface area contributed by atoms with Gasteiger partial charge in [-0.2, -0.15) is 0 Å². The standard InChI is InChI=1S/C12H21NO5S2/c1-2-3-4-10(12(15)16)13-11(14)7-19-9-5-6-20(17,18)8-9/h9-10H,2-8H2,1H3,(H,13,14)(H,15,16)/t9?,10-/m0/s1. The molecule has 116 valence electrons. The molecule has 0 aromatic heterocycles. The first-order valence-electron chi connectivity index (χ1n) is 6.68. The fraction of sp³-hybridized carbons (Fsp3) is 0.833. The molecule has 1 saturated heterocycles. The van der Waals surface area contributed by atoms with Gasteiger partial charge in [-0.05, 0) is 12.8 Å². The lowest BCUT2D eigenvalue weighted by Gasteiger charge is -2.14. The largest absolute Gasteiger partial charge is 0.480 e. The Morgan fingerprint density at radius 2 is 2.15 bits per heavy atom. The predicted octanol–water partition coefficient (Wildman–Crippen LogP) is 0.666. The van der Waals surface area contributed by atoms with Crippen molar-refractivity contribution in [3.8, 4) is 0 Å². The van der Waals surface area contributed by atoms with Crippen LogP contribution in [0.15, 0.2) is 0 Å². The van der Waals surface area contributed by atoms with Crippen LogP contribution in [0.25, 0.3) is 0 Å². The Morgan fingerprint density at radius 3 is 2.65 bits per heavy atom. The van der Waals surface area contributed by atoms with Gasteiger partial charge < -0.3 is 10.4 Å². The lowest BCUT2D eigenvalue weighted by molar-refractivity contribution is -0.141. The molecule has 1 amide bonds. The summed E-state index contributed by atoms with van der Waals surface area (Å²) in [5.41, 5.74) is 0. The van der Waals surface area contributed by atoms with Gasteiger partial charge in [0.25, 0.3) is 0 Å². The summed E-state index contributed by atoms with van der Waals surface area (Å²) < 4.78 is 22.6. The Labute approximate surface area is 123 Å². The van der Waals surface area contributed by atoms with Crippen molar-refractivity contribution in [1.82, 2.24) is 5.32 Å². The van der Waals surface area contributed by atoms with E-state index in [0.717, 1.165) is 12.8 Å². The summed E-state index contributed by atoms with van der Waals surface area (Å²) in [7, 11) is -2.94. The van der Waals surface area contributed by atoms with Crippen LogP contribution in [0.1, 0.15) is 32.6 Å². The number of unbranched alkanes of at least 4 members (excludes halogenated alkanes) is 1. The maximum atomic E-state index is 11.7. The van der Waals surface area contributed by atoms with Crippen LogP contribution in [0.4, 0.5) is 0 Å².